The summed E-state index contributed by atoms with van der Waals surface area (Å²) in [7, 11) is 0. The minimum absolute atomic E-state index is 0.0558. The van der Waals surface area contributed by atoms with Gasteiger partial charge in [0, 0.05) is 27.6 Å². The van der Waals surface area contributed by atoms with Gasteiger partial charge < -0.3 is 16.2 Å². The van der Waals surface area contributed by atoms with Crippen molar-refractivity contribution in [3.63, 3.8) is 0 Å². The van der Waals surface area contributed by atoms with Crippen molar-refractivity contribution >= 4 is 22.9 Å². The lowest BCUT2D eigenvalue weighted by atomic mass is 10.1. The van der Waals surface area contributed by atoms with Gasteiger partial charge in [-0.05, 0) is 43.6 Å². The van der Waals surface area contributed by atoms with Crippen LogP contribution < -0.4 is 11.1 Å². The van der Waals surface area contributed by atoms with Crippen LogP contribution >= 0.6 is 0 Å². The maximum atomic E-state index is 15.2. The normalized spacial score (nSPS) is 13.9. The third-order valence-electron chi connectivity index (χ3n) is 4.91. The van der Waals surface area contributed by atoms with Crippen molar-refractivity contribution in [2.75, 3.05) is 11.1 Å². The molecular weight excluding hydrogens is 442 g/mol. The molecule has 2 aromatic heterocycles. The summed E-state index contributed by atoms with van der Waals surface area (Å²) in [5.41, 5.74) is 4.28. The van der Waals surface area contributed by atoms with Crippen molar-refractivity contribution in [2.45, 2.75) is 19.9 Å². The zero-order valence-electron chi connectivity index (χ0n) is 19.8. The van der Waals surface area contributed by atoms with E-state index in [-0.39, 0.29) is 17.0 Å². The van der Waals surface area contributed by atoms with Gasteiger partial charge in [0.15, 0.2) is 17.7 Å². The van der Waals surface area contributed by atoms with Gasteiger partial charge in [0.25, 0.3) is 5.91 Å². The molecule has 0 saturated carbocycles. The Labute approximate surface area is 188 Å². The molecule has 0 aliphatic carbocycles. The number of aliphatic hydroxyl groups excluding tert-OH is 1. The van der Waals surface area contributed by atoms with Crippen LogP contribution in [0, 0.1) is 37.0 Å². The predicted molar refractivity (Wildman–Crippen MR) is 112 cm³/mol. The molecule has 1 atom stereocenters. The van der Waals surface area contributed by atoms with Crippen molar-refractivity contribution < 1.29 is 31.6 Å². The second kappa shape index (κ2) is 8.17. The van der Waals surface area contributed by atoms with E-state index in [0.717, 1.165) is 12.1 Å². The van der Waals surface area contributed by atoms with Crippen LogP contribution in [-0.2, 0) is 4.79 Å². The molecule has 33 heavy (non-hydrogen) atoms. The second-order valence-electron chi connectivity index (χ2n) is 7.14. The molecule has 4 rings (SSSR count). The molecule has 2 heterocycles. The van der Waals surface area contributed by atoms with E-state index in [4.69, 9.17) is 9.85 Å². The van der Waals surface area contributed by atoms with Crippen molar-refractivity contribution in [1.82, 2.24) is 14.4 Å². The van der Waals surface area contributed by atoms with Gasteiger partial charge in [0.05, 0.1) is 5.69 Å². The number of fused-ring (bicyclic) bond motifs is 1. The summed E-state index contributed by atoms with van der Waals surface area (Å²) in [5, 5.41) is 12.1. The van der Waals surface area contributed by atoms with Crippen LogP contribution in [0.2, 0.25) is 0 Å². The predicted octanol–water partition coefficient (Wildman–Crippen LogP) is 3.82. The largest absolute Gasteiger partial charge is 0.382 e. The smallest absolute Gasteiger partial charge is 0.257 e. The summed E-state index contributed by atoms with van der Waals surface area (Å²) in [4.78, 5) is 20.3. The Morgan fingerprint density at radius 2 is 1.88 bits per heavy atom. The number of anilines is 2. The van der Waals surface area contributed by atoms with Crippen LogP contribution in [0.4, 0.5) is 29.1 Å². The molecule has 4 N–H and O–H groups in total. The number of nitrogens with two attached hydrogens (primary N) is 1. The SMILES string of the molecule is [2H]C([2H])([2H])c1nc(-c2ccc(NC(=O)[C@H](O)c3cc(F)cc(F)c3)c(F)c2F)c2c(N)ncc(C)n12. The minimum atomic E-state index is -2.73. The lowest BCUT2D eigenvalue weighted by Gasteiger charge is -2.14. The number of carbonyl (C=O) groups is 1. The fourth-order valence-electron chi connectivity index (χ4n) is 3.38. The molecule has 0 fully saturated rings. The van der Waals surface area contributed by atoms with Gasteiger partial charge in [-0.3, -0.25) is 9.20 Å². The highest BCUT2D eigenvalue weighted by molar-refractivity contribution is 5.95. The number of benzene rings is 2. The van der Waals surface area contributed by atoms with Gasteiger partial charge in [-0.1, -0.05) is 0 Å². The monoisotopic (exact) mass is 462 g/mol. The summed E-state index contributed by atoms with van der Waals surface area (Å²) < 4.78 is 81.3. The van der Waals surface area contributed by atoms with Crippen LogP contribution in [0.25, 0.3) is 16.8 Å². The molecule has 0 bridgehead atoms. The highest BCUT2D eigenvalue weighted by Crippen LogP contribution is 2.34. The molecule has 1 amide bonds. The highest BCUT2D eigenvalue weighted by Gasteiger charge is 2.25. The molecule has 4 aromatic rings. The van der Waals surface area contributed by atoms with Crippen molar-refractivity contribution in [2.24, 2.45) is 0 Å². The highest BCUT2D eigenvalue weighted by atomic mass is 19.2. The molecule has 2 aromatic carbocycles. The molecule has 0 aliphatic rings. The quantitative estimate of drug-likeness (QED) is 0.400. The number of nitrogens with zero attached hydrogens (tertiary/aromatic N) is 3. The molecule has 0 unspecified atom stereocenters. The van der Waals surface area contributed by atoms with Gasteiger partial charge in [-0.2, -0.15) is 0 Å². The van der Waals surface area contributed by atoms with Crippen LogP contribution in [-0.4, -0.2) is 25.4 Å². The Bertz CT molecular complexity index is 1500. The number of nitrogens with one attached hydrogen (secondary N) is 1. The first kappa shape index (κ1) is 18.6. The number of aryl methyl sites for hydroxylation is 2. The molecule has 0 saturated heterocycles. The van der Waals surface area contributed by atoms with Crippen LogP contribution in [0.15, 0.2) is 36.5 Å². The molecule has 0 spiro atoms. The number of carbonyl (C=O) groups excluding carboxylic acids is 1. The van der Waals surface area contributed by atoms with Gasteiger partial charge >= 0.3 is 0 Å². The zero-order chi connectivity index (χ0) is 26.5. The Hall–Kier alpha value is -3.99. The number of imidazole rings is 1. The molecule has 170 valence electrons. The number of nitrogen functional groups attached to an aromatic ring is 1. The Morgan fingerprint density at radius 1 is 1.18 bits per heavy atom. The number of aromatic nitrogens is 3. The number of halogens is 4. The topological polar surface area (TPSA) is 106 Å². The number of hydrogen-bond donors (Lipinski definition) is 3. The first-order chi connectivity index (χ1) is 16.8. The number of aliphatic hydroxyl groups is 1. The average Bonchev–Trinajstić information content (AvgIpc) is 3.20. The third kappa shape index (κ3) is 3.87. The first-order valence-corrected chi connectivity index (χ1v) is 9.37. The van der Waals surface area contributed by atoms with E-state index >= 15 is 4.39 Å². The van der Waals surface area contributed by atoms with Crippen molar-refractivity contribution in [1.29, 1.82) is 0 Å². The third-order valence-corrected chi connectivity index (χ3v) is 4.91. The number of rotatable bonds is 4. The maximum Gasteiger partial charge on any atom is 0.257 e. The number of amides is 1. The summed E-state index contributed by atoms with van der Waals surface area (Å²) in [6, 6.07) is 3.92. The van der Waals surface area contributed by atoms with Gasteiger partial charge in [-0.15, -0.1) is 0 Å². The summed E-state index contributed by atoms with van der Waals surface area (Å²) in [6.45, 7) is -1.19. The fourth-order valence-corrected chi connectivity index (χ4v) is 3.38. The Balaban J connectivity index is 1.75. The van der Waals surface area contributed by atoms with Gasteiger partial charge in [0.2, 0.25) is 0 Å². The minimum Gasteiger partial charge on any atom is -0.382 e. The lowest BCUT2D eigenvalue weighted by Crippen LogP contribution is -2.22. The van der Waals surface area contributed by atoms with Crippen molar-refractivity contribution in [3.05, 3.63) is 76.9 Å². The van der Waals surface area contributed by atoms with Crippen LogP contribution in [0.3, 0.4) is 0 Å². The van der Waals surface area contributed by atoms with E-state index in [0.29, 0.717) is 23.9 Å². The van der Waals surface area contributed by atoms with Crippen LogP contribution in [0.1, 0.15) is 27.3 Å². The first-order valence-electron chi connectivity index (χ1n) is 10.9. The van der Waals surface area contributed by atoms with E-state index in [2.05, 4.69) is 9.97 Å². The summed E-state index contributed by atoms with van der Waals surface area (Å²) >= 11 is 0. The average molecular weight is 462 g/mol. The standard InChI is InChI=1S/C22H17F4N5O2/c1-9-8-28-21(27)19-18(29-10(2)31(9)19)14-3-4-15(17(26)16(14)25)30-22(33)20(32)11-5-12(23)7-13(24)6-11/h3-8,20,32H,1-2H3,(H2,27,28)(H,30,33)/t20-/m1/s1/i2D3. The number of hydrogen-bond acceptors (Lipinski definition) is 5. The van der Waals surface area contributed by atoms with Crippen molar-refractivity contribution in [3.8, 4) is 11.3 Å². The van der Waals surface area contributed by atoms with Gasteiger partial charge in [-0.25, -0.2) is 27.5 Å². The Kier molecular flexibility index (Phi) is 4.60. The fraction of sp³-hybridized carbons (Fsp3) is 0.136. The summed E-state index contributed by atoms with van der Waals surface area (Å²) in [5.74, 6) is -7.07. The van der Waals surface area contributed by atoms with E-state index < -0.39 is 64.8 Å². The maximum absolute atomic E-state index is 15.2. The van der Waals surface area contributed by atoms with E-state index in [9.17, 15) is 23.1 Å². The van der Waals surface area contributed by atoms with Gasteiger partial charge in [0.1, 0.15) is 34.5 Å². The van der Waals surface area contributed by atoms with E-state index in [1.54, 1.807) is 0 Å². The lowest BCUT2D eigenvalue weighted by molar-refractivity contribution is -0.124. The molecule has 7 nitrogen and oxygen atoms in total. The molecular formula is C22H17F4N5O2. The molecule has 11 heteroatoms. The van der Waals surface area contributed by atoms with E-state index in [1.807, 2.05) is 5.32 Å². The summed E-state index contributed by atoms with van der Waals surface area (Å²) in [6.07, 6.45) is -0.793. The molecule has 0 aliphatic heterocycles. The Morgan fingerprint density at radius 3 is 2.55 bits per heavy atom. The molecule has 0 radical (unpaired) electrons. The van der Waals surface area contributed by atoms with E-state index in [1.165, 1.54) is 17.5 Å². The zero-order valence-corrected chi connectivity index (χ0v) is 16.8. The van der Waals surface area contributed by atoms with Crippen LogP contribution in [0.5, 0.6) is 0 Å². The second-order valence-corrected chi connectivity index (χ2v) is 7.14.